The number of amides is 1. The van der Waals surface area contributed by atoms with Crippen molar-refractivity contribution in [1.29, 1.82) is 0 Å². The van der Waals surface area contributed by atoms with Crippen molar-refractivity contribution in [1.82, 2.24) is 9.88 Å². The lowest BCUT2D eigenvalue weighted by atomic mass is 10.2. The first-order chi connectivity index (χ1) is 9.74. The largest absolute Gasteiger partial charge is 0.465 e. The highest BCUT2D eigenvalue weighted by molar-refractivity contribution is 8.26. The van der Waals surface area contributed by atoms with Gasteiger partial charge in [0.2, 0.25) is 0 Å². The zero-order chi connectivity index (χ0) is 13.9. The molecule has 1 saturated heterocycles. The average molecular weight is 302 g/mol. The first-order valence-corrected chi connectivity index (χ1v) is 7.14. The summed E-state index contributed by atoms with van der Waals surface area (Å²) in [4.78, 5) is 18.5. The van der Waals surface area contributed by atoms with Gasteiger partial charge in [0.15, 0.2) is 0 Å². The van der Waals surface area contributed by atoms with E-state index in [4.69, 9.17) is 16.6 Å². The molecule has 20 heavy (non-hydrogen) atoms. The summed E-state index contributed by atoms with van der Waals surface area (Å²) in [5.41, 5.74) is 0.996. The SMILES string of the molecule is O=C1/C(=C/c2ccco2)SC(=S)N1Cc1ccncc1. The Kier molecular flexibility index (Phi) is 3.66. The van der Waals surface area contributed by atoms with E-state index < -0.39 is 0 Å². The van der Waals surface area contributed by atoms with Gasteiger partial charge in [-0.2, -0.15) is 0 Å². The molecular formula is C14H10N2O2S2. The molecule has 6 heteroatoms. The minimum absolute atomic E-state index is 0.0896. The molecule has 0 spiro atoms. The zero-order valence-corrected chi connectivity index (χ0v) is 12.0. The van der Waals surface area contributed by atoms with Crippen LogP contribution in [0.15, 0.2) is 52.2 Å². The van der Waals surface area contributed by atoms with Gasteiger partial charge in [-0.1, -0.05) is 24.0 Å². The van der Waals surface area contributed by atoms with Crippen LogP contribution in [0.1, 0.15) is 11.3 Å². The van der Waals surface area contributed by atoms with Gasteiger partial charge in [0.25, 0.3) is 5.91 Å². The number of carbonyl (C=O) groups is 1. The van der Waals surface area contributed by atoms with Crippen LogP contribution in [0.5, 0.6) is 0 Å². The highest BCUT2D eigenvalue weighted by Crippen LogP contribution is 2.33. The van der Waals surface area contributed by atoms with Crippen molar-refractivity contribution < 1.29 is 9.21 Å². The van der Waals surface area contributed by atoms with Crippen LogP contribution < -0.4 is 0 Å². The third-order valence-electron chi connectivity index (χ3n) is 2.78. The number of furan rings is 1. The monoisotopic (exact) mass is 302 g/mol. The fourth-order valence-corrected chi connectivity index (χ4v) is 3.04. The Labute approximate surface area is 125 Å². The topological polar surface area (TPSA) is 46.3 Å². The molecule has 3 rings (SSSR count). The minimum Gasteiger partial charge on any atom is -0.465 e. The summed E-state index contributed by atoms with van der Waals surface area (Å²) in [5.74, 6) is 0.558. The van der Waals surface area contributed by atoms with Crippen LogP contribution in [0.2, 0.25) is 0 Å². The van der Waals surface area contributed by atoms with Gasteiger partial charge in [0.05, 0.1) is 17.7 Å². The van der Waals surface area contributed by atoms with E-state index in [1.807, 2.05) is 12.1 Å². The van der Waals surface area contributed by atoms with Crippen molar-refractivity contribution in [2.45, 2.75) is 6.54 Å². The molecular weight excluding hydrogens is 292 g/mol. The molecule has 1 aliphatic rings. The second kappa shape index (κ2) is 5.60. The fourth-order valence-electron chi connectivity index (χ4n) is 1.81. The normalized spacial score (nSPS) is 17.2. The highest BCUT2D eigenvalue weighted by Gasteiger charge is 2.32. The molecule has 1 fully saturated rings. The number of rotatable bonds is 3. The number of pyridine rings is 1. The van der Waals surface area contributed by atoms with Gasteiger partial charge in [0.1, 0.15) is 10.1 Å². The molecule has 3 heterocycles. The molecule has 2 aromatic heterocycles. The van der Waals surface area contributed by atoms with Crippen LogP contribution in [0, 0.1) is 0 Å². The molecule has 4 nitrogen and oxygen atoms in total. The molecule has 0 saturated carbocycles. The number of hydrogen-bond acceptors (Lipinski definition) is 5. The number of aromatic nitrogens is 1. The molecule has 1 amide bonds. The van der Waals surface area contributed by atoms with Crippen LogP contribution in [0.3, 0.4) is 0 Å². The molecule has 2 aromatic rings. The Morgan fingerprint density at radius 2 is 2.15 bits per heavy atom. The van der Waals surface area contributed by atoms with E-state index in [1.165, 1.54) is 11.8 Å². The Bertz CT molecular complexity index is 666. The lowest BCUT2D eigenvalue weighted by Crippen LogP contribution is -2.27. The number of thioether (sulfide) groups is 1. The van der Waals surface area contributed by atoms with Crippen molar-refractivity contribution in [3.8, 4) is 0 Å². The summed E-state index contributed by atoms with van der Waals surface area (Å²) in [6.45, 7) is 0.461. The third kappa shape index (κ3) is 2.66. The molecule has 0 atom stereocenters. The number of thiocarbonyl (C=S) groups is 1. The van der Waals surface area contributed by atoms with Gasteiger partial charge >= 0.3 is 0 Å². The summed E-state index contributed by atoms with van der Waals surface area (Å²) >= 11 is 6.56. The van der Waals surface area contributed by atoms with Gasteiger partial charge in [-0.25, -0.2) is 0 Å². The van der Waals surface area contributed by atoms with E-state index in [0.29, 0.717) is 21.5 Å². The Hall–Kier alpha value is -1.92. The Morgan fingerprint density at radius 1 is 1.35 bits per heavy atom. The average Bonchev–Trinajstić information content (AvgIpc) is 3.05. The van der Waals surface area contributed by atoms with Crippen LogP contribution in [0.25, 0.3) is 6.08 Å². The summed E-state index contributed by atoms with van der Waals surface area (Å²) in [6.07, 6.45) is 6.69. The molecule has 1 aliphatic heterocycles. The van der Waals surface area contributed by atoms with Crippen molar-refractivity contribution >= 4 is 40.3 Å². The van der Waals surface area contributed by atoms with Crippen LogP contribution in [-0.4, -0.2) is 20.1 Å². The predicted octanol–water partition coefficient (Wildman–Crippen LogP) is 3.08. The van der Waals surface area contributed by atoms with Gasteiger partial charge in [-0.05, 0) is 29.8 Å². The third-order valence-corrected chi connectivity index (χ3v) is 4.16. The van der Waals surface area contributed by atoms with Gasteiger partial charge in [-0.3, -0.25) is 14.7 Å². The van der Waals surface area contributed by atoms with Crippen molar-refractivity contribution in [3.63, 3.8) is 0 Å². The molecule has 100 valence electrons. The molecule has 0 N–H and O–H groups in total. The van der Waals surface area contributed by atoms with E-state index in [2.05, 4.69) is 4.98 Å². The first kappa shape index (κ1) is 13.1. The number of hydrogen-bond donors (Lipinski definition) is 0. The molecule has 0 bridgehead atoms. The standard InChI is InChI=1S/C14H10N2O2S2/c17-13-12(8-11-2-1-7-18-11)20-14(19)16(13)9-10-3-5-15-6-4-10/h1-8H,9H2/b12-8-. The lowest BCUT2D eigenvalue weighted by Gasteiger charge is -2.13. The van der Waals surface area contributed by atoms with E-state index in [-0.39, 0.29) is 5.91 Å². The lowest BCUT2D eigenvalue weighted by molar-refractivity contribution is -0.122. The molecule has 0 unspecified atom stereocenters. The molecule has 0 aromatic carbocycles. The van der Waals surface area contributed by atoms with Crippen LogP contribution >= 0.6 is 24.0 Å². The minimum atomic E-state index is -0.0896. The summed E-state index contributed by atoms with van der Waals surface area (Å²) in [6, 6.07) is 7.32. The van der Waals surface area contributed by atoms with Crippen LogP contribution in [-0.2, 0) is 11.3 Å². The highest BCUT2D eigenvalue weighted by atomic mass is 32.2. The van der Waals surface area contributed by atoms with E-state index in [1.54, 1.807) is 41.8 Å². The van der Waals surface area contributed by atoms with Gasteiger partial charge in [-0.15, -0.1) is 0 Å². The Balaban J connectivity index is 1.81. The predicted molar refractivity (Wildman–Crippen MR) is 81.7 cm³/mol. The fraction of sp³-hybridized carbons (Fsp3) is 0.0714. The van der Waals surface area contributed by atoms with Gasteiger partial charge in [0, 0.05) is 18.5 Å². The molecule has 0 aliphatic carbocycles. The second-order valence-corrected chi connectivity index (χ2v) is 5.81. The number of nitrogens with zero attached hydrogens (tertiary/aromatic N) is 2. The van der Waals surface area contributed by atoms with Crippen LogP contribution in [0.4, 0.5) is 0 Å². The summed E-state index contributed by atoms with van der Waals surface area (Å²) < 4.78 is 5.78. The van der Waals surface area contributed by atoms with E-state index in [9.17, 15) is 4.79 Å². The first-order valence-electron chi connectivity index (χ1n) is 5.92. The second-order valence-electron chi connectivity index (χ2n) is 4.14. The van der Waals surface area contributed by atoms with Crippen molar-refractivity contribution in [2.24, 2.45) is 0 Å². The maximum atomic E-state index is 12.3. The van der Waals surface area contributed by atoms with Crippen molar-refractivity contribution in [3.05, 3.63) is 59.2 Å². The maximum absolute atomic E-state index is 12.3. The Morgan fingerprint density at radius 3 is 2.85 bits per heavy atom. The molecule has 0 radical (unpaired) electrons. The van der Waals surface area contributed by atoms with Crippen molar-refractivity contribution in [2.75, 3.05) is 0 Å². The zero-order valence-electron chi connectivity index (χ0n) is 10.4. The maximum Gasteiger partial charge on any atom is 0.266 e. The van der Waals surface area contributed by atoms with Gasteiger partial charge < -0.3 is 4.42 Å². The summed E-state index contributed by atoms with van der Waals surface area (Å²) in [5, 5.41) is 0. The number of carbonyl (C=O) groups excluding carboxylic acids is 1. The van der Waals surface area contributed by atoms with E-state index >= 15 is 0 Å². The summed E-state index contributed by atoms with van der Waals surface area (Å²) in [7, 11) is 0. The van der Waals surface area contributed by atoms with E-state index in [0.717, 1.165) is 5.56 Å². The smallest absolute Gasteiger partial charge is 0.266 e. The quantitative estimate of drug-likeness (QED) is 0.644.